The molecule has 0 aromatic heterocycles. The normalized spacial score (nSPS) is 14.6. The maximum Gasteiger partial charge on any atom is 0.358 e. The summed E-state index contributed by atoms with van der Waals surface area (Å²) >= 11 is 0. The second-order valence-electron chi connectivity index (χ2n) is 2.46. The molecule has 6 heteroatoms. The van der Waals surface area contributed by atoms with Crippen molar-refractivity contribution in [3.8, 4) is 0 Å². The largest absolute Gasteiger partial charge is 0.358 e. The van der Waals surface area contributed by atoms with E-state index in [4.69, 9.17) is 5.21 Å². The summed E-state index contributed by atoms with van der Waals surface area (Å²) in [5, 5.41) is 8.14. The van der Waals surface area contributed by atoms with Gasteiger partial charge in [-0.3, -0.25) is 4.18 Å². The average Bonchev–Trinajstić information content (AvgIpc) is 2.03. The van der Waals surface area contributed by atoms with Crippen LogP contribution in [0.1, 0.15) is 33.1 Å². The summed E-state index contributed by atoms with van der Waals surface area (Å²) in [5.41, 5.74) is 0. The molecule has 0 fully saturated rings. The quantitative estimate of drug-likeness (QED) is 0.618. The fourth-order valence-electron chi connectivity index (χ4n) is 0.843. The van der Waals surface area contributed by atoms with Crippen molar-refractivity contribution in [1.82, 2.24) is 4.89 Å². The minimum atomic E-state index is -3.95. The summed E-state index contributed by atoms with van der Waals surface area (Å²) in [6.07, 6.45) is 1.77. The van der Waals surface area contributed by atoms with E-state index < -0.39 is 10.3 Å². The Balaban J connectivity index is 4.02. The highest BCUT2D eigenvalue weighted by molar-refractivity contribution is 7.84. The van der Waals surface area contributed by atoms with Gasteiger partial charge in [-0.25, -0.2) is 0 Å². The predicted molar refractivity (Wildman–Crippen MR) is 43.9 cm³/mol. The van der Waals surface area contributed by atoms with Crippen LogP contribution in [0.2, 0.25) is 0 Å². The Morgan fingerprint density at radius 3 is 2.42 bits per heavy atom. The van der Waals surface area contributed by atoms with Crippen molar-refractivity contribution in [3.63, 3.8) is 0 Å². The van der Waals surface area contributed by atoms with Gasteiger partial charge < -0.3 is 5.21 Å². The molecule has 0 aliphatic heterocycles. The van der Waals surface area contributed by atoms with Crippen molar-refractivity contribution in [3.05, 3.63) is 0 Å². The Labute approximate surface area is 72.9 Å². The van der Waals surface area contributed by atoms with Crippen LogP contribution >= 0.6 is 0 Å². The predicted octanol–water partition coefficient (Wildman–Crippen LogP) is 0.805. The van der Waals surface area contributed by atoms with E-state index in [0.29, 0.717) is 12.8 Å². The number of hydrogen-bond donors (Lipinski definition) is 2. The monoisotopic (exact) mass is 197 g/mol. The lowest BCUT2D eigenvalue weighted by molar-refractivity contribution is 0.154. The summed E-state index contributed by atoms with van der Waals surface area (Å²) in [6, 6.07) is 0. The van der Waals surface area contributed by atoms with Crippen molar-refractivity contribution >= 4 is 10.3 Å². The number of hydrogen-bond acceptors (Lipinski definition) is 4. The fourth-order valence-corrected chi connectivity index (χ4v) is 1.48. The van der Waals surface area contributed by atoms with Crippen molar-refractivity contribution in [2.45, 2.75) is 39.2 Å². The molecule has 0 aromatic rings. The highest BCUT2D eigenvalue weighted by Crippen LogP contribution is 2.08. The molecule has 1 unspecified atom stereocenters. The van der Waals surface area contributed by atoms with Gasteiger partial charge in [0.15, 0.2) is 0 Å². The first kappa shape index (κ1) is 11.8. The van der Waals surface area contributed by atoms with Crippen LogP contribution in [-0.2, 0) is 14.5 Å². The fraction of sp³-hybridized carbons (Fsp3) is 1.00. The second kappa shape index (κ2) is 5.47. The van der Waals surface area contributed by atoms with Crippen molar-refractivity contribution in [2.24, 2.45) is 0 Å². The van der Waals surface area contributed by atoms with Crippen LogP contribution in [0, 0.1) is 0 Å². The standard InChI is InChI=1S/C6H15NO4S/c1-3-5-6(4-2)11-12(9,10)7-8/h6-8H,3-5H2,1-2H3. The van der Waals surface area contributed by atoms with Gasteiger partial charge in [0.05, 0.1) is 6.10 Å². The maximum atomic E-state index is 10.7. The zero-order valence-corrected chi connectivity index (χ0v) is 8.10. The van der Waals surface area contributed by atoms with E-state index in [-0.39, 0.29) is 6.10 Å². The van der Waals surface area contributed by atoms with E-state index >= 15 is 0 Å². The van der Waals surface area contributed by atoms with Crippen LogP contribution in [0.4, 0.5) is 0 Å². The van der Waals surface area contributed by atoms with Crippen molar-refractivity contribution in [2.75, 3.05) is 0 Å². The van der Waals surface area contributed by atoms with Gasteiger partial charge in [-0.1, -0.05) is 25.2 Å². The van der Waals surface area contributed by atoms with Crippen molar-refractivity contribution in [1.29, 1.82) is 0 Å². The molecule has 12 heavy (non-hydrogen) atoms. The lowest BCUT2D eigenvalue weighted by Gasteiger charge is -2.12. The molecule has 2 N–H and O–H groups in total. The molecule has 0 rings (SSSR count). The van der Waals surface area contributed by atoms with Crippen molar-refractivity contribution < 1.29 is 17.8 Å². The Morgan fingerprint density at radius 2 is 2.08 bits per heavy atom. The number of nitrogens with one attached hydrogen (secondary N) is 1. The first-order valence-electron chi connectivity index (χ1n) is 3.89. The minimum absolute atomic E-state index is 0.348. The maximum absolute atomic E-state index is 10.7. The smallest absolute Gasteiger partial charge is 0.300 e. The lowest BCUT2D eigenvalue weighted by Crippen LogP contribution is -2.27. The third-order valence-electron chi connectivity index (χ3n) is 1.44. The molecule has 0 aliphatic carbocycles. The molecule has 0 heterocycles. The topological polar surface area (TPSA) is 75.6 Å². The van der Waals surface area contributed by atoms with Gasteiger partial charge in [-0.05, 0) is 12.8 Å². The van der Waals surface area contributed by atoms with E-state index in [9.17, 15) is 8.42 Å². The Hall–Kier alpha value is -0.170. The molecule has 74 valence electrons. The Kier molecular flexibility index (Phi) is 5.39. The van der Waals surface area contributed by atoms with E-state index in [2.05, 4.69) is 4.18 Å². The molecule has 0 saturated carbocycles. The van der Waals surface area contributed by atoms with Crippen LogP contribution in [0.3, 0.4) is 0 Å². The van der Waals surface area contributed by atoms with Gasteiger partial charge >= 0.3 is 10.3 Å². The van der Waals surface area contributed by atoms with E-state index in [1.54, 1.807) is 0 Å². The summed E-state index contributed by atoms with van der Waals surface area (Å²) < 4.78 is 25.9. The Morgan fingerprint density at radius 1 is 1.50 bits per heavy atom. The Bertz CT molecular complexity index is 202. The molecule has 0 saturated heterocycles. The van der Waals surface area contributed by atoms with Crippen LogP contribution in [0.15, 0.2) is 0 Å². The summed E-state index contributed by atoms with van der Waals surface area (Å²) in [6.45, 7) is 3.76. The molecule has 0 bridgehead atoms. The van der Waals surface area contributed by atoms with Gasteiger partial charge in [0.2, 0.25) is 0 Å². The van der Waals surface area contributed by atoms with Gasteiger partial charge in [0.1, 0.15) is 0 Å². The van der Waals surface area contributed by atoms with Gasteiger partial charge in [0.25, 0.3) is 0 Å². The molecule has 0 aliphatic rings. The second-order valence-corrected chi connectivity index (χ2v) is 3.74. The molecule has 1 atom stereocenters. The van der Waals surface area contributed by atoms with Crippen LogP contribution in [0.25, 0.3) is 0 Å². The molecular formula is C6H15NO4S. The molecule has 0 radical (unpaired) electrons. The summed E-state index contributed by atoms with van der Waals surface area (Å²) in [5.74, 6) is 0. The summed E-state index contributed by atoms with van der Waals surface area (Å²) in [4.78, 5) is 1.11. The lowest BCUT2D eigenvalue weighted by atomic mass is 10.2. The van der Waals surface area contributed by atoms with Crippen LogP contribution in [0.5, 0.6) is 0 Å². The van der Waals surface area contributed by atoms with Crippen LogP contribution < -0.4 is 4.89 Å². The molecular weight excluding hydrogens is 182 g/mol. The highest BCUT2D eigenvalue weighted by atomic mass is 32.2. The molecule has 0 spiro atoms. The van der Waals surface area contributed by atoms with Crippen LogP contribution in [-0.4, -0.2) is 19.7 Å². The molecule has 5 nitrogen and oxygen atoms in total. The third kappa shape index (κ3) is 4.66. The SMILES string of the molecule is CCCC(CC)OS(=O)(=O)NO. The van der Waals surface area contributed by atoms with E-state index in [1.165, 1.54) is 0 Å². The molecule has 0 amide bonds. The van der Waals surface area contributed by atoms with Gasteiger partial charge in [-0.15, -0.1) is 0 Å². The van der Waals surface area contributed by atoms with Gasteiger partial charge in [-0.2, -0.15) is 8.42 Å². The highest BCUT2D eigenvalue weighted by Gasteiger charge is 2.15. The summed E-state index contributed by atoms with van der Waals surface area (Å²) in [7, 11) is -3.95. The number of rotatable bonds is 6. The van der Waals surface area contributed by atoms with E-state index in [1.807, 2.05) is 13.8 Å². The third-order valence-corrected chi connectivity index (χ3v) is 2.19. The van der Waals surface area contributed by atoms with Gasteiger partial charge in [0, 0.05) is 0 Å². The van der Waals surface area contributed by atoms with E-state index in [0.717, 1.165) is 11.3 Å². The zero-order chi connectivity index (χ0) is 9.61. The zero-order valence-electron chi connectivity index (χ0n) is 7.28. The first-order valence-corrected chi connectivity index (χ1v) is 5.30. The minimum Gasteiger partial charge on any atom is -0.300 e. The first-order chi connectivity index (χ1) is 5.55. The average molecular weight is 197 g/mol. The molecule has 0 aromatic carbocycles.